The van der Waals surface area contributed by atoms with Crippen LogP contribution >= 0.6 is 15.9 Å². The van der Waals surface area contributed by atoms with Gasteiger partial charge in [0.2, 0.25) is 0 Å². The van der Waals surface area contributed by atoms with Crippen LogP contribution in [0.1, 0.15) is 41.9 Å². The highest BCUT2D eigenvalue weighted by Gasteiger charge is 2.37. The van der Waals surface area contributed by atoms with E-state index in [0.29, 0.717) is 11.5 Å². The number of hydrogen-bond donors (Lipinski definition) is 2. The third-order valence-corrected chi connectivity index (χ3v) is 4.51. The molecule has 1 atom stereocenters. The van der Waals surface area contributed by atoms with Crippen LogP contribution in [0.4, 0.5) is 4.79 Å². The van der Waals surface area contributed by atoms with Gasteiger partial charge in [-0.25, -0.2) is 4.79 Å². The largest absolute Gasteiger partial charge is 0.363 e. The van der Waals surface area contributed by atoms with Gasteiger partial charge in [0, 0.05) is 40.5 Å². The highest BCUT2D eigenvalue weighted by Crippen LogP contribution is 2.40. The second kappa shape index (κ2) is 5.76. The zero-order valence-electron chi connectivity index (χ0n) is 12.5. The van der Waals surface area contributed by atoms with Gasteiger partial charge in [0.25, 0.3) is 0 Å². The number of benzene rings is 1. The lowest BCUT2D eigenvalue weighted by molar-refractivity contribution is 0.101. The Balaban J connectivity index is 1.99. The van der Waals surface area contributed by atoms with Crippen LogP contribution in [-0.4, -0.2) is 23.8 Å². The molecule has 1 aliphatic carbocycles. The van der Waals surface area contributed by atoms with Crippen molar-refractivity contribution in [3.8, 4) is 0 Å². The number of carbonyl (C=O) groups excluding carboxylic acids is 2. The van der Waals surface area contributed by atoms with E-state index in [9.17, 15) is 9.59 Å². The van der Waals surface area contributed by atoms with Crippen molar-refractivity contribution < 1.29 is 9.59 Å². The van der Waals surface area contributed by atoms with Crippen molar-refractivity contribution in [2.24, 2.45) is 5.92 Å². The van der Waals surface area contributed by atoms with Crippen LogP contribution in [0, 0.1) is 5.92 Å². The molecule has 5 nitrogen and oxygen atoms in total. The summed E-state index contributed by atoms with van der Waals surface area (Å²) in [5.41, 5.74) is 2.50. The summed E-state index contributed by atoms with van der Waals surface area (Å²) in [6.07, 6.45) is 3.82. The van der Waals surface area contributed by atoms with Gasteiger partial charge in [-0.05, 0) is 31.9 Å². The fourth-order valence-electron chi connectivity index (χ4n) is 2.71. The lowest BCUT2D eigenvalue weighted by atomic mass is 10.0. The predicted octanol–water partition coefficient (Wildman–Crippen LogP) is 3.15. The maximum absolute atomic E-state index is 12.2. The van der Waals surface area contributed by atoms with E-state index in [1.165, 1.54) is 0 Å². The third-order valence-electron chi connectivity index (χ3n) is 4.01. The van der Waals surface area contributed by atoms with E-state index in [2.05, 4.69) is 26.6 Å². The molecule has 6 heteroatoms. The van der Waals surface area contributed by atoms with Crippen molar-refractivity contribution in [1.82, 2.24) is 15.5 Å². The number of halogens is 1. The average Bonchev–Trinajstić information content (AvgIpc) is 3.26. The SMILES string of the molecule is CNC(=O)N1C=C(C2CC2)NC1c1ccc(Br)cc1C(C)=O. The first-order chi connectivity index (χ1) is 10.5. The topological polar surface area (TPSA) is 61.4 Å². The van der Waals surface area contributed by atoms with Gasteiger partial charge in [-0.1, -0.05) is 22.0 Å². The molecule has 0 radical (unpaired) electrons. The molecular formula is C16H18BrN3O2. The lowest BCUT2D eigenvalue weighted by Crippen LogP contribution is -2.38. The maximum Gasteiger partial charge on any atom is 0.323 e. The summed E-state index contributed by atoms with van der Waals surface area (Å²) in [5, 5.41) is 6.06. The normalized spacial score (nSPS) is 20.4. The number of nitrogens with zero attached hydrogens (tertiary/aromatic N) is 1. The summed E-state index contributed by atoms with van der Waals surface area (Å²) >= 11 is 3.40. The summed E-state index contributed by atoms with van der Waals surface area (Å²) in [7, 11) is 1.61. The van der Waals surface area contributed by atoms with Crippen LogP contribution in [0.25, 0.3) is 0 Å². The van der Waals surface area contributed by atoms with Crippen LogP contribution < -0.4 is 10.6 Å². The number of ketones is 1. The number of amides is 2. The van der Waals surface area contributed by atoms with E-state index in [-0.39, 0.29) is 18.0 Å². The number of nitrogens with one attached hydrogen (secondary N) is 2. The first-order valence-corrected chi connectivity index (χ1v) is 8.09. The van der Waals surface area contributed by atoms with Crippen molar-refractivity contribution in [1.29, 1.82) is 0 Å². The lowest BCUT2D eigenvalue weighted by Gasteiger charge is -2.25. The highest BCUT2D eigenvalue weighted by molar-refractivity contribution is 9.10. The van der Waals surface area contributed by atoms with Crippen molar-refractivity contribution in [2.75, 3.05) is 7.05 Å². The molecule has 0 spiro atoms. The van der Waals surface area contributed by atoms with E-state index in [0.717, 1.165) is 28.6 Å². The molecule has 2 aliphatic rings. The summed E-state index contributed by atoms with van der Waals surface area (Å²) in [6.45, 7) is 1.54. The van der Waals surface area contributed by atoms with Crippen LogP contribution in [0.5, 0.6) is 0 Å². The number of rotatable bonds is 3. The number of hydrogen-bond acceptors (Lipinski definition) is 3. The van der Waals surface area contributed by atoms with Crippen LogP contribution in [0.2, 0.25) is 0 Å². The van der Waals surface area contributed by atoms with Crippen LogP contribution in [-0.2, 0) is 0 Å². The molecule has 3 rings (SSSR count). The summed E-state index contributed by atoms with van der Waals surface area (Å²) in [5.74, 6) is 0.489. The minimum absolute atomic E-state index is 0.0187. The molecule has 1 aromatic carbocycles. The van der Waals surface area contributed by atoms with Gasteiger partial charge in [0.05, 0.1) is 0 Å². The molecule has 2 amide bonds. The van der Waals surface area contributed by atoms with Gasteiger partial charge < -0.3 is 10.6 Å². The van der Waals surface area contributed by atoms with Gasteiger partial charge >= 0.3 is 6.03 Å². The second-order valence-electron chi connectivity index (χ2n) is 5.66. The van der Waals surface area contributed by atoms with Gasteiger partial charge in [-0.2, -0.15) is 0 Å². The Morgan fingerprint density at radius 3 is 2.68 bits per heavy atom. The van der Waals surface area contributed by atoms with Gasteiger partial charge in [-0.15, -0.1) is 0 Å². The van der Waals surface area contributed by atoms with Crippen molar-refractivity contribution in [3.05, 3.63) is 45.7 Å². The number of urea groups is 1. The standard InChI is InChI=1S/C16H18BrN3O2/c1-9(21)13-7-11(17)5-6-12(13)15-19-14(10-3-4-10)8-20(15)16(22)18-2/h5-8,10,15,19H,3-4H2,1-2H3,(H,18,22). The Morgan fingerprint density at radius 1 is 1.36 bits per heavy atom. The van der Waals surface area contributed by atoms with Gasteiger partial charge in [0.15, 0.2) is 5.78 Å². The minimum atomic E-state index is -0.345. The second-order valence-corrected chi connectivity index (χ2v) is 6.57. The number of carbonyl (C=O) groups is 2. The van der Waals surface area contributed by atoms with Gasteiger partial charge in [0.1, 0.15) is 6.17 Å². The van der Waals surface area contributed by atoms with Crippen LogP contribution in [0.3, 0.4) is 0 Å². The Kier molecular flexibility index (Phi) is 3.95. The van der Waals surface area contributed by atoms with E-state index >= 15 is 0 Å². The number of Topliss-reactive ketones (excluding diaryl/α,β-unsaturated/α-hetero) is 1. The predicted molar refractivity (Wildman–Crippen MR) is 87.1 cm³/mol. The first kappa shape index (κ1) is 15.1. The Bertz CT molecular complexity index is 667. The minimum Gasteiger partial charge on any atom is -0.363 e. The molecule has 1 aliphatic heterocycles. The Hall–Kier alpha value is -1.82. The molecule has 1 fully saturated rings. The molecule has 0 bridgehead atoms. The fraction of sp³-hybridized carbons (Fsp3) is 0.375. The monoisotopic (exact) mass is 363 g/mol. The molecule has 1 heterocycles. The molecule has 116 valence electrons. The molecule has 2 N–H and O–H groups in total. The van der Waals surface area contributed by atoms with E-state index < -0.39 is 0 Å². The number of allylic oxidation sites excluding steroid dienone is 1. The van der Waals surface area contributed by atoms with E-state index in [1.807, 2.05) is 18.3 Å². The fourth-order valence-corrected chi connectivity index (χ4v) is 3.07. The maximum atomic E-state index is 12.2. The molecule has 1 saturated carbocycles. The van der Waals surface area contributed by atoms with Crippen molar-refractivity contribution in [2.45, 2.75) is 25.9 Å². The molecule has 22 heavy (non-hydrogen) atoms. The molecule has 0 saturated heterocycles. The highest BCUT2D eigenvalue weighted by atomic mass is 79.9. The quantitative estimate of drug-likeness (QED) is 0.810. The zero-order valence-corrected chi connectivity index (χ0v) is 14.1. The first-order valence-electron chi connectivity index (χ1n) is 7.30. The summed E-state index contributed by atoms with van der Waals surface area (Å²) in [4.78, 5) is 25.8. The van der Waals surface area contributed by atoms with Crippen molar-refractivity contribution in [3.63, 3.8) is 0 Å². The van der Waals surface area contributed by atoms with Crippen molar-refractivity contribution >= 4 is 27.7 Å². The molecule has 1 aromatic rings. The third kappa shape index (κ3) is 2.75. The van der Waals surface area contributed by atoms with Gasteiger partial charge in [-0.3, -0.25) is 9.69 Å². The Labute approximate surface area is 137 Å². The molecule has 0 aromatic heterocycles. The molecular weight excluding hydrogens is 346 g/mol. The van der Waals surface area contributed by atoms with E-state index in [4.69, 9.17) is 0 Å². The molecule has 1 unspecified atom stereocenters. The summed E-state index contributed by atoms with van der Waals surface area (Å²) in [6, 6.07) is 5.39. The smallest absolute Gasteiger partial charge is 0.323 e. The zero-order chi connectivity index (χ0) is 15.9. The van der Waals surface area contributed by atoms with Crippen LogP contribution in [0.15, 0.2) is 34.6 Å². The average molecular weight is 364 g/mol. The Morgan fingerprint density at radius 2 is 2.09 bits per heavy atom. The van der Waals surface area contributed by atoms with E-state index in [1.54, 1.807) is 24.9 Å². The summed E-state index contributed by atoms with van der Waals surface area (Å²) < 4.78 is 0.848.